The number of amides is 1. The van der Waals surface area contributed by atoms with Crippen LogP contribution in [0.15, 0.2) is 24.5 Å². The second-order valence-corrected chi connectivity index (χ2v) is 5.58. The number of carbonyl (C=O) groups excluding carboxylic acids is 1. The van der Waals surface area contributed by atoms with Crippen molar-refractivity contribution >= 4 is 22.2 Å². The van der Waals surface area contributed by atoms with Crippen molar-refractivity contribution in [2.45, 2.75) is 20.0 Å². The van der Waals surface area contributed by atoms with Gasteiger partial charge in [-0.2, -0.15) is 13.2 Å². The van der Waals surface area contributed by atoms with Crippen LogP contribution in [-0.4, -0.2) is 15.9 Å². The molecule has 21 heavy (non-hydrogen) atoms. The quantitative estimate of drug-likeness (QED) is 0.937. The third-order valence-corrected chi connectivity index (χ3v) is 3.59. The summed E-state index contributed by atoms with van der Waals surface area (Å²) in [5.74, 6) is -0.906. The van der Waals surface area contributed by atoms with Crippen LogP contribution < -0.4 is 5.32 Å². The van der Waals surface area contributed by atoms with Crippen LogP contribution in [0.4, 0.5) is 18.2 Å². The Morgan fingerprint density at radius 3 is 2.62 bits per heavy atom. The molecule has 0 aliphatic heterocycles. The number of aromatic nitrogens is 2. The zero-order chi connectivity index (χ0) is 15.6. The topological polar surface area (TPSA) is 54.9 Å². The van der Waals surface area contributed by atoms with E-state index in [0.717, 1.165) is 11.3 Å². The maximum Gasteiger partial charge on any atom is 0.436 e. The van der Waals surface area contributed by atoms with Gasteiger partial charge in [0.2, 0.25) is 5.91 Å². The molecule has 112 valence electrons. The summed E-state index contributed by atoms with van der Waals surface area (Å²) in [5, 5.41) is 2.15. The lowest BCUT2D eigenvalue weighted by molar-refractivity contribution is -0.140. The highest BCUT2D eigenvalue weighted by molar-refractivity contribution is 7.19. The molecule has 2 heterocycles. The molecule has 0 bridgehead atoms. The molecule has 0 radical (unpaired) electrons. The van der Waals surface area contributed by atoms with Gasteiger partial charge in [-0.3, -0.25) is 9.78 Å². The number of hydrogen-bond acceptors (Lipinski definition) is 4. The van der Waals surface area contributed by atoms with Crippen molar-refractivity contribution in [1.82, 2.24) is 9.97 Å². The number of pyridine rings is 1. The van der Waals surface area contributed by atoms with E-state index in [2.05, 4.69) is 15.3 Å². The zero-order valence-electron chi connectivity index (χ0n) is 11.2. The van der Waals surface area contributed by atoms with Crippen molar-refractivity contribution in [2.24, 2.45) is 5.92 Å². The molecule has 0 aliphatic rings. The molecule has 0 spiro atoms. The predicted molar refractivity (Wildman–Crippen MR) is 73.8 cm³/mol. The maximum absolute atomic E-state index is 13.0. The number of rotatable bonds is 3. The molecule has 0 saturated heterocycles. The molecule has 2 aromatic heterocycles. The number of anilines is 1. The van der Waals surface area contributed by atoms with Crippen LogP contribution in [0.2, 0.25) is 0 Å². The number of carbonyl (C=O) groups is 1. The molecular formula is C13H12F3N3OS. The van der Waals surface area contributed by atoms with Crippen LogP contribution in [0.1, 0.15) is 19.5 Å². The summed E-state index contributed by atoms with van der Waals surface area (Å²) in [5.41, 5.74) is -0.613. The van der Waals surface area contributed by atoms with Crippen LogP contribution in [0.25, 0.3) is 10.6 Å². The average Bonchev–Trinajstić information content (AvgIpc) is 2.83. The summed E-state index contributed by atoms with van der Waals surface area (Å²) in [6, 6.07) is 3.22. The number of thiazole rings is 1. The van der Waals surface area contributed by atoms with Gasteiger partial charge in [0, 0.05) is 23.9 Å². The minimum Gasteiger partial charge on any atom is -0.316 e. The molecule has 0 unspecified atom stereocenters. The number of nitrogens with zero attached hydrogens (tertiary/aromatic N) is 2. The Kier molecular flexibility index (Phi) is 4.26. The molecule has 1 amide bonds. The molecule has 2 rings (SSSR count). The Morgan fingerprint density at radius 1 is 1.38 bits per heavy atom. The number of alkyl halides is 3. The Morgan fingerprint density at radius 2 is 2.10 bits per heavy atom. The normalized spacial score (nSPS) is 11.7. The van der Waals surface area contributed by atoms with Gasteiger partial charge in [0.1, 0.15) is 10.0 Å². The molecule has 8 heteroatoms. The van der Waals surface area contributed by atoms with Crippen LogP contribution >= 0.6 is 11.3 Å². The van der Waals surface area contributed by atoms with E-state index in [1.165, 1.54) is 12.4 Å². The summed E-state index contributed by atoms with van der Waals surface area (Å²) < 4.78 is 39.0. The highest BCUT2D eigenvalue weighted by atomic mass is 32.1. The van der Waals surface area contributed by atoms with Crippen LogP contribution in [0.3, 0.4) is 0 Å². The fraction of sp³-hybridized carbons (Fsp3) is 0.308. The van der Waals surface area contributed by atoms with E-state index >= 15 is 0 Å². The van der Waals surface area contributed by atoms with E-state index in [1.54, 1.807) is 26.0 Å². The highest BCUT2D eigenvalue weighted by Gasteiger charge is 2.38. The van der Waals surface area contributed by atoms with Crippen molar-refractivity contribution in [3.05, 3.63) is 30.2 Å². The average molecular weight is 315 g/mol. The van der Waals surface area contributed by atoms with E-state index in [0.29, 0.717) is 5.56 Å². The Balaban J connectivity index is 2.43. The van der Waals surface area contributed by atoms with Crippen molar-refractivity contribution in [2.75, 3.05) is 5.32 Å². The Bertz CT molecular complexity index is 638. The van der Waals surface area contributed by atoms with E-state index in [-0.39, 0.29) is 10.0 Å². The third-order valence-electron chi connectivity index (χ3n) is 2.57. The van der Waals surface area contributed by atoms with Gasteiger partial charge in [0.15, 0.2) is 5.69 Å². The second kappa shape index (κ2) is 5.80. The summed E-state index contributed by atoms with van der Waals surface area (Å²) in [6.45, 7) is 3.21. The molecule has 1 N–H and O–H groups in total. The van der Waals surface area contributed by atoms with Gasteiger partial charge >= 0.3 is 6.18 Å². The largest absolute Gasteiger partial charge is 0.436 e. The van der Waals surface area contributed by atoms with Crippen molar-refractivity contribution in [1.29, 1.82) is 0 Å². The lowest BCUT2D eigenvalue weighted by Gasteiger charge is -2.08. The SMILES string of the molecule is CC(C)C(=O)Nc1sc(-c2cccnc2)nc1C(F)(F)F. The van der Waals surface area contributed by atoms with Gasteiger partial charge in [-0.25, -0.2) is 4.98 Å². The van der Waals surface area contributed by atoms with E-state index in [9.17, 15) is 18.0 Å². The van der Waals surface area contributed by atoms with E-state index in [1.807, 2.05) is 0 Å². The van der Waals surface area contributed by atoms with Crippen molar-refractivity contribution < 1.29 is 18.0 Å². The monoisotopic (exact) mass is 315 g/mol. The Labute approximate surface area is 123 Å². The zero-order valence-corrected chi connectivity index (χ0v) is 12.0. The number of nitrogens with one attached hydrogen (secondary N) is 1. The Hall–Kier alpha value is -1.96. The third kappa shape index (κ3) is 3.57. The summed E-state index contributed by atoms with van der Waals surface area (Å²) >= 11 is 0.782. The predicted octanol–water partition coefficient (Wildman–Crippen LogP) is 3.82. The minimum absolute atomic E-state index is 0.162. The summed E-state index contributed by atoms with van der Waals surface area (Å²) in [6.07, 6.45) is -1.69. The molecule has 0 saturated carbocycles. The van der Waals surface area contributed by atoms with E-state index in [4.69, 9.17) is 0 Å². The smallest absolute Gasteiger partial charge is 0.316 e. The molecule has 0 aliphatic carbocycles. The lowest BCUT2D eigenvalue weighted by Crippen LogP contribution is -2.19. The van der Waals surface area contributed by atoms with Crippen molar-refractivity contribution in [3.8, 4) is 10.6 Å². The van der Waals surface area contributed by atoms with E-state index < -0.39 is 23.7 Å². The molecule has 0 atom stereocenters. The van der Waals surface area contributed by atoms with Gasteiger partial charge in [0.25, 0.3) is 0 Å². The molecule has 2 aromatic rings. The van der Waals surface area contributed by atoms with Gasteiger partial charge in [-0.05, 0) is 12.1 Å². The molecule has 0 fully saturated rings. The lowest BCUT2D eigenvalue weighted by atomic mass is 10.2. The minimum atomic E-state index is -4.63. The van der Waals surface area contributed by atoms with Crippen LogP contribution in [0.5, 0.6) is 0 Å². The molecule has 4 nitrogen and oxygen atoms in total. The first kappa shape index (κ1) is 15.4. The number of halogens is 3. The maximum atomic E-state index is 13.0. The molecule has 0 aromatic carbocycles. The van der Waals surface area contributed by atoms with Gasteiger partial charge < -0.3 is 5.32 Å². The fourth-order valence-corrected chi connectivity index (χ4v) is 2.44. The first-order valence-corrected chi connectivity index (χ1v) is 6.90. The summed E-state index contributed by atoms with van der Waals surface area (Å²) in [7, 11) is 0. The molecular weight excluding hydrogens is 303 g/mol. The van der Waals surface area contributed by atoms with Gasteiger partial charge in [-0.15, -0.1) is 0 Å². The first-order valence-electron chi connectivity index (χ1n) is 6.08. The standard InChI is InChI=1S/C13H12F3N3OS/c1-7(2)10(20)19-12-9(13(14,15)16)18-11(21-12)8-4-3-5-17-6-8/h3-7H,1-2H3,(H,19,20). The first-order chi connectivity index (χ1) is 9.79. The second-order valence-electron chi connectivity index (χ2n) is 4.58. The van der Waals surface area contributed by atoms with Gasteiger partial charge in [0.05, 0.1) is 0 Å². The fourth-order valence-electron chi connectivity index (χ4n) is 1.47. The van der Waals surface area contributed by atoms with Gasteiger partial charge in [-0.1, -0.05) is 25.2 Å². The summed E-state index contributed by atoms with van der Waals surface area (Å²) in [4.78, 5) is 19.1. The van der Waals surface area contributed by atoms with Crippen molar-refractivity contribution in [3.63, 3.8) is 0 Å². The van der Waals surface area contributed by atoms with Crippen LogP contribution in [0, 0.1) is 5.92 Å². The van der Waals surface area contributed by atoms with Crippen LogP contribution in [-0.2, 0) is 11.0 Å². The highest BCUT2D eigenvalue weighted by Crippen LogP contribution is 2.41. The number of hydrogen-bond donors (Lipinski definition) is 1.